The average molecular weight is 364 g/mol. The summed E-state index contributed by atoms with van der Waals surface area (Å²) in [5.74, 6) is 0.623. The molecule has 1 amide bonds. The van der Waals surface area contributed by atoms with Gasteiger partial charge in [-0.15, -0.1) is 11.3 Å². The third-order valence-corrected chi connectivity index (χ3v) is 4.58. The molecule has 3 heterocycles. The molecule has 3 aromatic heterocycles. The van der Waals surface area contributed by atoms with Gasteiger partial charge in [0.2, 0.25) is 5.91 Å². The Labute approximate surface area is 153 Å². The van der Waals surface area contributed by atoms with Crippen LogP contribution >= 0.6 is 11.3 Å². The molecule has 0 atom stereocenters. The number of hydrogen-bond donors (Lipinski definition) is 3. The SMILES string of the molecule is Cc1ccnc(Nc2nc(CC(=O)Nc3ccc4cn[nH]c4c3)cs2)c1. The highest BCUT2D eigenvalue weighted by Crippen LogP contribution is 2.21. The smallest absolute Gasteiger partial charge is 0.230 e. The number of aryl methyl sites for hydroxylation is 1. The quantitative estimate of drug-likeness (QED) is 0.502. The number of H-pyrrole nitrogens is 1. The minimum Gasteiger partial charge on any atom is -0.326 e. The van der Waals surface area contributed by atoms with Crippen LogP contribution in [0, 0.1) is 6.92 Å². The molecule has 0 spiro atoms. The highest BCUT2D eigenvalue weighted by molar-refractivity contribution is 7.13. The summed E-state index contributed by atoms with van der Waals surface area (Å²) in [6.07, 6.45) is 3.70. The number of aromatic nitrogens is 4. The van der Waals surface area contributed by atoms with E-state index in [9.17, 15) is 4.79 Å². The van der Waals surface area contributed by atoms with Crippen LogP contribution in [0.15, 0.2) is 48.1 Å². The molecule has 0 saturated carbocycles. The van der Waals surface area contributed by atoms with Crippen LogP contribution in [0.25, 0.3) is 10.9 Å². The summed E-state index contributed by atoms with van der Waals surface area (Å²) in [4.78, 5) is 21.0. The number of anilines is 3. The molecule has 8 heteroatoms. The molecule has 0 aliphatic heterocycles. The van der Waals surface area contributed by atoms with Crippen LogP contribution in [-0.2, 0) is 11.2 Å². The van der Waals surface area contributed by atoms with Crippen molar-refractivity contribution in [2.24, 2.45) is 0 Å². The molecule has 130 valence electrons. The van der Waals surface area contributed by atoms with E-state index in [4.69, 9.17) is 0 Å². The lowest BCUT2D eigenvalue weighted by Gasteiger charge is -2.04. The van der Waals surface area contributed by atoms with Gasteiger partial charge in [0.25, 0.3) is 0 Å². The number of rotatable bonds is 5. The number of fused-ring (bicyclic) bond motifs is 1. The van der Waals surface area contributed by atoms with E-state index in [1.54, 1.807) is 12.4 Å². The number of hydrogen-bond acceptors (Lipinski definition) is 6. The van der Waals surface area contributed by atoms with Crippen LogP contribution in [0.3, 0.4) is 0 Å². The van der Waals surface area contributed by atoms with Crippen LogP contribution in [0.2, 0.25) is 0 Å². The highest BCUT2D eigenvalue weighted by atomic mass is 32.1. The molecule has 26 heavy (non-hydrogen) atoms. The van der Waals surface area contributed by atoms with E-state index >= 15 is 0 Å². The Hall–Kier alpha value is -3.26. The number of amides is 1. The monoisotopic (exact) mass is 364 g/mol. The number of nitrogens with zero attached hydrogens (tertiary/aromatic N) is 3. The highest BCUT2D eigenvalue weighted by Gasteiger charge is 2.09. The van der Waals surface area contributed by atoms with Crippen molar-refractivity contribution < 1.29 is 4.79 Å². The maximum absolute atomic E-state index is 12.3. The van der Waals surface area contributed by atoms with Crippen molar-refractivity contribution in [3.05, 3.63) is 59.4 Å². The van der Waals surface area contributed by atoms with Gasteiger partial charge in [-0.05, 0) is 42.8 Å². The van der Waals surface area contributed by atoms with Crippen molar-refractivity contribution in [2.75, 3.05) is 10.6 Å². The Morgan fingerprint density at radius 3 is 3.08 bits per heavy atom. The van der Waals surface area contributed by atoms with Gasteiger partial charge in [-0.3, -0.25) is 9.89 Å². The molecule has 0 unspecified atom stereocenters. The van der Waals surface area contributed by atoms with Gasteiger partial charge in [-0.2, -0.15) is 5.10 Å². The number of aromatic amines is 1. The van der Waals surface area contributed by atoms with E-state index in [1.165, 1.54) is 11.3 Å². The van der Waals surface area contributed by atoms with Crippen molar-refractivity contribution in [1.82, 2.24) is 20.2 Å². The molecule has 0 aliphatic carbocycles. The topological polar surface area (TPSA) is 95.6 Å². The van der Waals surface area contributed by atoms with Crippen molar-refractivity contribution >= 4 is 44.8 Å². The Morgan fingerprint density at radius 1 is 1.27 bits per heavy atom. The zero-order chi connectivity index (χ0) is 17.9. The number of thiazole rings is 1. The molecule has 7 nitrogen and oxygen atoms in total. The standard InChI is InChI=1S/C18H16N6OS/c1-11-4-5-19-16(6-11)23-18-22-14(10-26-18)8-17(25)21-13-3-2-12-9-20-24-15(12)7-13/h2-7,9-10H,8H2,1H3,(H,20,24)(H,21,25)(H,19,22,23). The van der Waals surface area contributed by atoms with Gasteiger partial charge in [-0.1, -0.05) is 0 Å². The van der Waals surface area contributed by atoms with E-state index in [0.717, 1.165) is 28.0 Å². The van der Waals surface area contributed by atoms with Crippen molar-refractivity contribution in [1.29, 1.82) is 0 Å². The molecule has 0 aliphatic rings. The maximum Gasteiger partial charge on any atom is 0.230 e. The molecule has 4 rings (SSSR count). The minimum atomic E-state index is -0.116. The Morgan fingerprint density at radius 2 is 2.19 bits per heavy atom. The van der Waals surface area contributed by atoms with Gasteiger partial charge in [-0.25, -0.2) is 9.97 Å². The predicted molar refractivity (Wildman–Crippen MR) is 103 cm³/mol. The second kappa shape index (κ2) is 6.93. The number of carbonyl (C=O) groups excluding carboxylic acids is 1. The first-order valence-electron chi connectivity index (χ1n) is 8.03. The van der Waals surface area contributed by atoms with Crippen LogP contribution in [-0.4, -0.2) is 26.1 Å². The second-order valence-corrected chi connectivity index (χ2v) is 6.74. The van der Waals surface area contributed by atoms with Crippen molar-refractivity contribution in [2.45, 2.75) is 13.3 Å². The molecule has 1 aromatic carbocycles. The fourth-order valence-corrected chi connectivity index (χ4v) is 3.26. The molecule has 0 saturated heterocycles. The van der Waals surface area contributed by atoms with Gasteiger partial charge in [0.05, 0.1) is 23.8 Å². The van der Waals surface area contributed by atoms with Crippen LogP contribution in [0.1, 0.15) is 11.3 Å². The first-order valence-corrected chi connectivity index (χ1v) is 8.91. The van der Waals surface area contributed by atoms with E-state index in [-0.39, 0.29) is 12.3 Å². The first-order chi connectivity index (χ1) is 12.7. The maximum atomic E-state index is 12.3. The number of carbonyl (C=O) groups is 1. The number of pyridine rings is 1. The van der Waals surface area contributed by atoms with E-state index < -0.39 is 0 Å². The van der Waals surface area contributed by atoms with Gasteiger partial charge in [0.15, 0.2) is 5.13 Å². The third kappa shape index (κ3) is 3.70. The Kier molecular flexibility index (Phi) is 4.32. The Bertz CT molecular complexity index is 1070. The summed E-state index contributed by atoms with van der Waals surface area (Å²) in [5, 5.41) is 16.5. The van der Waals surface area contributed by atoms with Crippen LogP contribution < -0.4 is 10.6 Å². The lowest BCUT2D eigenvalue weighted by molar-refractivity contribution is -0.115. The summed E-state index contributed by atoms with van der Waals surface area (Å²) in [5.41, 5.74) is 3.44. The summed E-state index contributed by atoms with van der Waals surface area (Å²) in [7, 11) is 0. The molecule has 3 N–H and O–H groups in total. The van der Waals surface area contributed by atoms with Crippen molar-refractivity contribution in [3.8, 4) is 0 Å². The Balaban J connectivity index is 1.39. The van der Waals surface area contributed by atoms with Gasteiger partial charge >= 0.3 is 0 Å². The normalized spacial score (nSPS) is 10.8. The average Bonchev–Trinajstić information content (AvgIpc) is 3.23. The first kappa shape index (κ1) is 16.2. The molecule has 0 fully saturated rings. The largest absolute Gasteiger partial charge is 0.326 e. The van der Waals surface area contributed by atoms with Gasteiger partial charge in [0, 0.05) is 22.7 Å². The van der Waals surface area contributed by atoms with Crippen LogP contribution in [0.5, 0.6) is 0 Å². The summed E-state index contributed by atoms with van der Waals surface area (Å²) < 4.78 is 0. The van der Waals surface area contributed by atoms with E-state index in [1.807, 2.05) is 42.6 Å². The van der Waals surface area contributed by atoms with Gasteiger partial charge in [0.1, 0.15) is 5.82 Å². The van der Waals surface area contributed by atoms with Crippen LogP contribution in [0.4, 0.5) is 16.6 Å². The van der Waals surface area contributed by atoms with E-state index in [2.05, 4.69) is 30.8 Å². The lowest BCUT2D eigenvalue weighted by atomic mass is 10.2. The predicted octanol–water partition coefficient (Wildman–Crippen LogP) is 3.65. The second-order valence-electron chi connectivity index (χ2n) is 5.88. The summed E-state index contributed by atoms with van der Waals surface area (Å²) >= 11 is 1.45. The number of benzene rings is 1. The zero-order valence-corrected chi connectivity index (χ0v) is 14.8. The molecular weight excluding hydrogens is 348 g/mol. The summed E-state index contributed by atoms with van der Waals surface area (Å²) in [6.45, 7) is 2.01. The minimum absolute atomic E-state index is 0.116. The lowest BCUT2D eigenvalue weighted by Crippen LogP contribution is -2.14. The van der Waals surface area contributed by atoms with E-state index in [0.29, 0.717) is 10.8 Å². The third-order valence-electron chi connectivity index (χ3n) is 3.77. The zero-order valence-electron chi connectivity index (χ0n) is 14.0. The van der Waals surface area contributed by atoms with Gasteiger partial charge < -0.3 is 10.6 Å². The van der Waals surface area contributed by atoms with Crippen molar-refractivity contribution in [3.63, 3.8) is 0 Å². The number of nitrogens with one attached hydrogen (secondary N) is 3. The fourth-order valence-electron chi connectivity index (χ4n) is 2.54. The molecule has 4 aromatic rings. The fraction of sp³-hybridized carbons (Fsp3) is 0.111. The molecule has 0 radical (unpaired) electrons. The molecule has 0 bridgehead atoms. The molecular formula is C18H16N6OS. The summed E-state index contributed by atoms with van der Waals surface area (Å²) in [6, 6.07) is 9.50.